The molecule has 0 spiro atoms. The van der Waals surface area contributed by atoms with Crippen LogP contribution in [0.5, 0.6) is 0 Å². The molecule has 0 N–H and O–H groups in total. The van der Waals surface area contributed by atoms with Crippen molar-refractivity contribution < 1.29 is 0 Å². The van der Waals surface area contributed by atoms with Gasteiger partial charge >= 0.3 is 0 Å². The molecule has 4 rings (SSSR count). The van der Waals surface area contributed by atoms with Crippen molar-refractivity contribution in [1.29, 1.82) is 0 Å². The first-order valence-electron chi connectivity index (χ1n) is 8.76. The Labute approximate surface area is 149 Å². The first kappa shape index (κ1) is 15.7. The number of hydrogen-bond acceptors (Lipinski definition) is 2. The molecule has 0 aromatic heterocycles. The SMILES string of the molecule is Clc1ccc(CN2CCCC(N3C=Cc4ccccc4C3)C2)cc1. The maximum atomic E-state index is 5.99. The highest BCUT2D eigenvalue weighted by molar-refractivity contribution is 6.30. The number of benzene rings is 2. The van der Waals surface area contributed by atoms with Crippen molar-refractivity contribution in [2.75, 3.05) is 13.1 Å². The minimum absolute atomic E-state index is 0.607. The molecule has 2 nitrogen and oxygen atoms in total. The van der Waals surface area contributed by atoms with E-state index < -0.39 is 0 Å². The second-order valence-corrected chi connectivity index (χ2v) is 7.28. The van der Waals surface area contributed by atoms with Gasteiger partial charge in [0.05, 0.1) is 0 Å². The van der Waals surface area contributed by atoms with E-state index in [1.54, 1.807) is 0 Å². The lowest BCUT2D eigenvalue weighted by Crippen LogP contribution is -2.45. The molecule has 2 aromatic rings. The van der Waals surface area contributed by atoms with Crippen LogP contribution in [-0.2, 0) is 13.1 Å². The van der Waals surface area contributed by atoms with Crippen molar-refractivity contribution in [2.45, 2.75) is 32.0 Å². The summed E-state index contributed by atoms with van der Waals surface area (Å²) in [6, 6.07) is 17.6. The number of piperidine rings is 1. The van der Waals surface area contributed by atoms with E-state index in [-0.39, 0.29) is 0 Å². The number of rotatable bonds is 3. The Hall–Kier alpha value is -1.77. The molecule has 1 fully saturated rings. The van der Waals surface area contributed by atoms with Crippen molar-refractivity contribution in [3.63, 3.8) is 0 Å². The van der Waals surface area contributed by atoms with Crippen molar-refractivity contribution in [2.24, 2.45) is 0 Å². The molecule has 0 bridgehead atoms. The Morgan fingerprint density at radius 3 is 2.75 bits per heavy atom. The first-order valence-corrected chi connectivity index (χ1v) is 9.14. The smallest absolute Gasteiger partial charge is 0.0433 e. The van der Waals surface area contributed by atoms with Gasteiger partial charge in [-0.3, -0.25) is 4.90 Å². The molecule has 2 aromatic carbocycles. The van der Waals surface area contributed by atoms with Gasteiger partial charge in [0.2, 0.25) is 0 Å². The zero-order chi connectivity index (χ0) is 16.4. The van der Waals surface area contributed by atoms with Gasteiger partial charge in [0.1, 0.15) is 0 Å². The van der Waals surface area contributed by atoms with Crippen LogP contribution in [0.3, 0.4) is 0 Å². The lowest BCUT2D eigenvalue weighted by molar-refractivity contribution is 0.120. The van der Waals surface area contributed by atoms with Crippen LogP contribution < -0.4 is 0 Å². The second-order valence-electron chi connectivity index (χ2n) is 6.84. The Bertz CT molecular complexity index is 723. The van der Waals surface area contributed by atoms with Gasteiger partial charge in [-0.1, -0.05) is 48.0 Å². The molecule has 124 valence electrons. The van der Waals surface area contributed by atoms with E-state index in [0.717, 1.165) is 24.7 Å². The number of nitrogens with zero attached hydrogens (tertiary/aromatic N) is 2. The quantitative estimate of drug-likeness (QED) is 0.793. The fourth-order valence-electron chi connectivity index (χ4n) is 3.81. The van der Waals surface area contributed by atoms with E-state index in [2.05, 4.69) is 58.5 Å². The number of halogens is 1. The predicted octanol–water partition coefficient (Wildman–Crippen LogP) is 4.79. The highest BCUT2D eigenvalue weighted by atomic mass is 35.5. The number of likely N-dealkylation sites (tertiary alicyclic amines) is 1. The summed E-state index contributed by atoms with van der Waals surface area (Å²) in [6.07, 6.45) is 7.10. The fourth-order valence-corrected chi connectivity index (χ4v) is 3.94. The average molecular weight is 339 g/mol. The topological polar surface area (TPSA) is 6.48 Å². The van der Waals surface area contributed by atoms with Gasteiger partial charge in [0.15, 0.2) is 0 Å². The van der Waals surface area contributed by atoms with Crippen molar-refractivity contribution in [3.05, 3.63) is 76.4 Å². The molecule has 2 aliphatic rings. The minimum Gasteiger partial charge on any atom is -0.369 e. The number of hydrogen-bond donors (Lipinski definition) is 0. The summed E-state index contributed by atoms with van der Waals surface area (Å²) >= 11 is 5.99. The minimum atomic E-state index is 0.607. The molecular formula is C21H23ClN2. The van der Waals surface area contributed by atoms with Crippen LogP contribution in [0.15, 0.2) is 54.7 Å². The summed E-state index contributed by atoms with van der Waals surface area (Å²) in [5.74, 6) is 0. The molecule has 24 heavy (non-hydrogen) atoms. The van der Waals surface area contributed by atoms with Gasteiger partial charge in [0.25, 0.3) is 0 Å². The molecular weight excluding hydrogens is 316 g/mol. The molecule has 1 saturated heterocycles. The number of fused-ring (bicyclic) bond motifs is 1. The third kappa shape index (κ3) is 3.50. The normalized spacial score (nSPS) is 20.9. The van der Waals surface area contributed by atoms with Crippen molar-refractivity contribution in [1.82, 2.24) is 9.80 Å². The average Bonchev–Trinajstić information content (AvgIpc) is 2.63. The Morgan fingerprint density at radius 2 is 1.88 bits per heavy atom. The van der Waals surface area contributed by atoms with E-state index in [0.29, 0.717) is 6.04 Å². The molecule has 0 saturated carbocycles. The summed E-state index contributed by atoms with van der Waals surface area (Å²) in [6.45, 7) is 4.37. The van der Waals surface area contributed by atoms with Crippen LogP contribution >= 0.6 is 11.6 Å². The van der Waals surface area contributed by atoms with Gasteiger partial charge < -0.3 is 4.90 Å². The monoisotopic (exact) mass is 338 g/mol. The summed E-state index contributed by atoms with van der Waals surface area (Å²) < 4.78 is 0. The molecule has 1 unspecified atom stereocenters. The summed E-state index contributed by atoms with van der Waals surface area (Å²) in [5.41, 5.74) is 4.15. The third-order valence-corrected chi connectivity index (χ3v) is 5.37. The molecule has 0 radical (unpaired) electrons. The third-order valence-electron chi connectivity index (χ3n) is 5.12. The molecule has 1 atom stereocenters. The first-order chi connectivity index (χ1) is 11.8. The van der Waals surface area contributed by atoms with Crippen molar-refractivity contribution >= 4 is 17.7 Å². The van der Waals surface area contributed by atoms with Gasteiger partial charge in [-0.25, -0.2) is 0 Å². The molecule has 0 amide bonds. The Balaban J connectivity index is 1.41. The second kappa shape index (κ2) is 7.00. The fraction of sp³-hybridized carbons (Fsp3) is 0.333. The summed E-state index contributed by atoms with van der Waals surface area (Å²) in [7, 11) is 0. The van der Waals surface area contributed by atoms with Crippen LogP contribution in [0, 0.1) is 0 Å². The molecule has 0 aliphatic carbocycles. The van der Waals surface area contributed by atoms with Crippen LogP contribution in [0.25, 0.3) is 6.08 Å². The van der Waals surface area contributed by atoms with Crippen molar-refractivity contribution in [3.8, 4) is 0 Å². The summed E-state index contributed by atoms with van der Waals surface area (Å²) in [4.78, 5) is 5.10. The lowest BCUT2D eigenvalue weighted by atomic mass is 9.99. The van der Waals surface area contributed by atoms with E-state index >= 15 is 0 Å². The highest BCUT2D eigenvalue weighted by Crippen LogP contribution is 2.25. The van der Waals surface area contributed by atoms with Crippen LogP contribution in [0.1, 0.15) is 29.5 Å². The van der Waals surface area contributed by atoms with E-state index in [1.165, 1.54) is 36.1 Å². The molecule has 3 heteroatoms. The van der Waals surface area contributed by atoms with Gasteiger partial charge in [-0.2, -0.15) is 0 Å². The molecule has 2 heterocycles. The van der Waals surface area contributed by atoms with Crippen LogP contribution in [0.4, 0.5) is 0 Å². The van der Waals surface area contributed by atoms with E-state index in [4.69, 9.17) is 11.6 Å². The zero-order valence-electron chi connectivity index (χ0n) is 13.9. The predicted molar refractivity (Wildman–Crippen MR) is 101 cm³/mol. The van der Waals surface area contributed by atoms with E-state index in [1.807, 2.05) is 12.1 Å². The summed E-state index contributed by atoms with van der Waals surface area (Å²) in [5, 5.41) is 0.812. The lowest BCUT2D eigenvalue weighted by Gasteiger charge is -2.40. The van der Waals surface area contributed by atoms with Gasteiger partial charge in [-0.15, -0.1) is 0 Å². The van der Waals surface area contributed by atoms with Crippen LogP contribution in [-0.4, -0.2) is 28.9 Å². The zero-order valence-corrected chi connectivity index (χ0v) is 14.6. The maximum Gasteiger partial charge on any atom is 0.0433 e. The largest absolute Gasteiger partial charge is 0.369 e. The van der Waals surface area contributed by atoms with Gasteiger partial charge in [-0.05, 0) is 54.3 Å². The van der Waals surface area contributed by atoms with Crippen LogP contribution in [0.2, 0.25) is 5.02 Å². The molecule has 2 aliphatic heterocycles. The Morgan fingerprint density at radius 1 is 1.04 bits per heavy atom. The standard InChI is InChI=1S/C21H23ClN2/c22-20-9-7-17(8-10-20)14-23-12-3-6-21(16-23)24-13-11-18-4-1-2-5-19(18)15-24/h1-2,4-5,7-11,13,21H,3,6,12,14-16H2. The van der Waals surface area contributed by atoms with Gasteiger partial charge in [0, 0.05) is 36.9 Å². The maximum absolute atomic E-state index is 5.99. The highest BCUT2D eigenvalue weighted by Gasteiger charge is 2.25. The van der Waals surface area contributed by atoms with E-state index in [9.17, 15) is 0 Å². The Kier molecular flexibility index (Phi) is 4.59.